The first kappa shape index (κ1) is 15.1. The summed E-state index contributed by atoms with van der Waals surface area (Å²) in [5.41, 5.74) is 2.02. The summed E-state index contributed by atoms with van der Waals surface area (Å²) in [6.45, 7) is 2.21. The van der Waals surface area contributed by atoms with Crippen LogP contribution in [-0.4, -0.2) is 4.32 Å². The van der Waals surface area contributed by atoms with Crippen molar-refractivity contribution in [3.8, 4) is 6.07 Å². The molecule has 2 rings (SSSR count). The Morgan fingerprint density at radius 3 is 2.65 bits per heavy atom. The lowest BCUT2D eigenvalue weighted by Gasteiger charge is -2.27. The van der Waals surface area contributed by atoms with Gasteiger partial charge in [0.05, 0.1) is 10.4 Å². The number of alkyl halides is 1. The molecule has 0 heterocycles. The molecule has 1 aliphatic rings. The molecule has 20 heavy (non-hydrogen) atoms. The van der Waals surface area contributed by atoms with E-state index in [9.17, 15) is 5.26 Å². The van der Waals surface area contributed by atoms with Gasteiger partial charge in [-0.1, -0.05) is 84.6 Å². The number of halogens is 1. The highest BCUT2D eigenvalue weighted by molar-refractivity contribution is 9.10. The lowest BCUT2D eigenvalue weighted by molar-refractivity contribution is 0.635. The minimum absolute atomic E-state index is 0.0954. The van der Waals surface area contributed by atoms with E-state index in [4.69, 9.17) is 0 Å². The van der Waals surface area contributed by atoms with Crippen LogP contribution >= 0.6 is 15.9 Å². The second kappa shape index (κ2) is 6.90. The van der Waals surface area contributed by atoms with Crippen molar-refractivity contribution in [3.63, 3.8) is 0 Å². The summed E-state index contributed by atoms with van der Waals surface area (Å²) in [6, 6.07) is 12.6. The molecule has 0 radical (unpaired) electrons. The van der Waals surface area contributed by atoms with Gasteiger partial charge < -0.3 is 0 Å². The molecule has 0 fully saturated rings. The Morgan fingerprint density at radius 2 is 2.00 bits per heavy atom. The van der Waals surface area contributed by atoms with Crippen LogP contribution in [0, 0.1) is 11.3 Å². The van der Waals surface area contributed by atoms with Crippen LogP contribution in [0.25, 0.3) is 0 Å². The minimum atomic E-state index is -0.140. The van der Waals surface area contributed by atoms with Crippen LogP contribution in [0.2, 0.25) is 0 Å². The molecule has 2 unspecified atom stereocenters. The molecule has 1 aromatic carbocycles. The average Bonchev–Trinajstić information content (AvgIpc) is 2.48. The third-order valence-corrected chi connectivity index (χ3v) is 4.64. The van der Waals surface area contributed by atoms with Crippen molar-refractivity contribution in [1.82, 2.24) is 0 Å². The van der Waals surface area contributed by atoms with Gasteiger partial charge in [-0.2, -0.15) is 5.26 Å². The molecule has 1 aromatic rings. The Kier molecular flexibility index (Phi) is 5.20. The van der Waals surface area contributed by atoms with Crippen molar-refractivity contribution in [1.29, 1.82) is 5.26 Å². The largest absolute Gasteiger partial charge is 0.193 e. The molecule has 0 spiro atoms. The summed E-state index contributed by atoms with van der Waals surface area (Å²) in [5.74, 6) is 0.0954. The van der Waals surface area contributed by atoms with E-state index in [1.807, 2.05) is 18.2 Å². The maximum atomic E-state index is 9.45. The number of nitrogens with zero attached hydrogens (tertiary/aromatic N) is 1. The molecule has 0 N–H and O–H groups in total. The van der Waals surface area contributed by atoms with E-state index in [0.717, 1.165) is 12.0 Å². The Morgan fingerprint density at radius 1 is 1.25 bits per heavy atom. The number of hydrogen-bond acceptors (Lipinski definition) is 1. The van der Waals surface area contributed by atoms with Crippen molar-refractivity contribution < 1.29 is 0 Å². The highest BCUT2D eigenvalue weighted by Crippen LogP contribution is 2.39. The fraction of sp³-hybridized carbons (Fsp3) is 0.389. The molecule has 1 aliphatic carbocycles. The van der Waals surface area contributed by atoms with Crippen molar-refractivity contribution in [2.45, 2.75) is 42.8 Å². The van der Waals surface area contributed by atoms with Crippen LogP contribution in [0.3, 0.4) is 0 Å². The van der Waals surface area contributed by atoms with Crippen molar-refractivity contribution >= 4 is 15.9 Å². The Hall–Kier alpha value is -1.33. The molecule has 2 heteroatoms. The first-order valence-electron chi connectivity index (χ1n) is 7.24. The first-order valence-corrected chi connectivity index (χ1v) is 8.04. The molecular weight excluding hydrogens is 310 g/mol. The molecule has 1 nitrogen and oxygen atoms in total. The van der Waals surface area contributed by atoms with Crippen molar-refractivity contribution in [2.75, 3.05) is 0 Å². The topological polar surface area (TPSA) is 23.8 Å². The fourth-order valence-electron chi connectivity index (χ4n) is 2.61. The lowest BCUT2D eigenvalue weighted by atomic mass is 9.83. The summed E-state index contributed by atoms with van der Waals surface area (Å²) in [6.07, 6.45) is 11.1. The fourth-order valence-corrected chi connectivity index (χ4v) is 3.29. The smallest absolute Gasteiger partial charge is 0.0954 e. The van der Waals surface area contributed by atoms with E-state index in [1.165, 1.54) is 24.8 Å². The normalized spacial score (nSPS) is 25.1. The average molecular weight is 330 g/mol. The van der Waals surface area contributed by atoms with E-state index in [1.54, 1.807) is 0 Å². The van der Waals surface area contributed by atoms with E-state index >= 15 is 0 Å². The second-order valence-electron chi connectivity index (χ2n) is 5.34. The molecule has 2 atom stereocenters. The molecule has 0 aliphatic heterocycles. The first-order chi connectivity index (χ1) is 9.68. The lowest BCUT2D eigenvalue weighted by Crippen LogP contribution is -2.20. The van der Waals surface area contributed by atoms with Crippen LogP contribution < -0.4 is 0 Å². The van der Waals surface area contributed by atoms with Crippen LogP contribution in [0.4, 0.5) is 0 Å². The van der Waals surface area contributed by atoms with Gasteiger partial charge in [-0.25, -0.2) is 0 Å². The van der Waals surface area contributed by atoms with Gasteiger partial charge in [-0.15, -0.1) is 0 Å². The summed E-state index contributed by atoms with van der Waals surface area (Å²) in [4.78, 5) is 0. The molecule has 0 aromatic heterocycles. The predicted octanol–water partition coefficient (Wildman–Crippen LogP) is 5.50. The maximum Gasteiger partial charge on any atom is 0.0954 e. The van der Waals surface area contributed by atoms with Crippen LogP contribution in [0.1, 0.15) is 44.1 Å². The molecular formula is C18H20BrN. The number of allylic oxidation sites excluding steroid dienone is 4. The molecule has 0 amide bonds. The monoisotopic (exact) mass is 329 g/mol. The standard InChI is InChI=1S/C18H20BrN/c1-2-3-7-11-18(19)12-10-17(16(13-18)14-20)15-8-5-4-6-9-15/h4-6,8-10,12-13,17H,2-3,7,11H2,1H3. The zero-order valence-corrected chi connectivity index (χ0v) is 13.4. The van der Waals surface area contributed by atoms with Crippen molar-refractivity contribution in [2.24, 2.45) is 0 Å². The van der Waals surface area contributed by atoms with Gasteiger partial charge in [-0.3, -0.25) is 0 Å². The van der Waals surface area contributed by atoms with E-state index < -0.39 is 0 Å². The predicted molar refractivity (Wildman–Crippen MR) is 87.8 cm³/mol. The summed E-state index contributed by atoms with van der Waals surface area (Å²) in [5, 5.41) is 9.45. The third-order valence-electron chi connectivity index (χ3n) is 3.75. The number of benzene rings is 1. The number of nitriles is 1. The van der Waals surface area contributed by atoms with Gasteiger partial charge in [0.1, 0.15) is 0 Å². The van der Waals surface area contributed by atoms with Gasteiger partial charge >= 0.3 is 0 Å². The van der Waals surface area contributed by atoms with E-state index in [2.05, 4.69) is 59.3 Å². The van der Waals surface area contributed by atoms with Gasteiger partial charge in [0.15, 0.2) is 0 Å². The second-order valence-corrected chi connectivity index (χ2v) is 6.82. The van der Waals surface area contributed by atoms with Crippen LogP contribution in [-0.2, 0) is 0 Å². The quantitative estimate of drug-likeness (QED) is 0.397. The molecule has 0 saturated carbocycles. The summed E-state index contributed by atoms with van der Waals surface area (Å²) >= 11 is 3.79. The Labute approximate surface area is 130 Å². The van der Waals surface area contributed by atoms with Crippen molar-refractivity contribution in [3.05, 3.63) is 59.7 Å². The number of hydrogen-bond donors (Lipinski definition) is 0. The number of unbranched alkanes of at least 4 members (excludes halogenated alkanes) is 2. The molecule has 0 saturated heterocycles. The molecule has 104 valence electrons. The highest BCUT2D eigenvalue weighted by atomic mass is 79.9. The van der Waals surface area contributed by atoms with Gasteiger partial charge in [0.25, 0.3) is 0 Å². The zero-order valence-electron chi connectivity index (χ0n) is 11.8. The minimum Gasteiger partial charge on any atom is -0.193 e. The molecule has 0 bridgehead atoms. The third kappa shape index (κ3) is 3.61. The summed E-state index contributed by atoms with van der Waals surface area (Å²) < 4.78 is -0.140. The van der Waals surface area contributed by atoms with Crippen LogP contribution in [0.5, 0.6) is 0 Å². The Bertz CT molecular complexity index is 538. The SMILES string of the molecule is CCCCCC1(Br)C=CC(c2ccccc2)C(C#N)=C1. The van der Waals surface area contributed by atoms with Gasteiger partial charge in [-0.05, 0) is 18.1 Å². The summed E-state index contributed by atoms with van der Waals surface area (Å²) in [7, 11) is 0. The number of rotatable bonds is 5. The maximum absolute atomic E-state index is 9.45. The van der Waals surface area contributed by atoms with Gasteiger partial charge in [0, 0.05) is 11.5 Å². The van der Waals surface area contributed by atoms with E-state index in [-0.39, 0.29) is 10.2 Å². The highest BCUT2D eigenvalue weighted by Gasteiger charge is 2.28. The zero-order chi connectivity index (χ0) is 14.4. The van der Waals surface area contributed by atoms with Gasteiger partial charge in [0.2, 0.25) is 0 Å². The Balaban J connectivity index is 2.18. The van der Waals surface area contributed by atoms with E-state index in [0.29, 0.717) is 0 Å². The van der Waals surface area contributed by atoms with Crippen LogP contribution in [0.15, 0.2) is 54.1 Å².